The first-order chi connectivity index (χ1) is 15.8. The fourth-order valence-electron chi connectivity index (χ4n) is 3.41. The highest BCUT2D eigenvalue weighted by atomic mass is 19.3. The van der Waals surface area contributed by atoms with Crippen molar-refractivity contribution in [2.24, 2.45) is 0 Å². The summed E-state index contributed by atoms with van der Waals surface area (Å²) in [7, 11) is 2.99. The molecular formula is C23H25F2N3O5. The number of methoxy groups -OCH3 is 2. The maximum Gasteiger partial charge on any atom is 0.387 e. The van der Waals surface area contributed by atoms with Crippen LogP contribution in [-0.2, 0) is 11.3 Å². The van der Waals surface area contributed by atoms with Crippen molar-refractivity contribution in [2.75, 3.05) is 14.2 Å². The van der Waals surface area contributed by atoms with Gasteiger partial charge in [0, 0.05) is 19.0 Å². The number of benzene rings is 2. The van der Waals surface area contributed by atoms with Crippen molar-refractivity contribution in [3.63, 3.8) is 0 Å². The number of rotatable bonds is 10. The number of hydrogen-bond donors (Lipinski definition) is 1. The van der Waals surface area contributed by atoms with Crippen LogP contribution in [0.1, 0.15) is 31.4 Å². The molecule has 0 fully saturated rings. The molecule has 33 heavy (non-hydrogen) atoms. The topological polar surface area (TPSA) is 91.7 Å². The lowest BCUT2D eigenvalue weighted by Gasteiger charge is -2.16. The predicted octanol–water partition coefficient (Wildman–Crippen LogP) is 3.67. The molecule has 1 heterocycles. The van der Waals surface area contributed by atoms with E-state index in [1.165, 1.54) is 37.2 Å². The molecule has 0 radical (unpaired) electrons. The molecule has 8 nitrogen and oxygen atoms in total. The molecule has 10 heteroatoms. The molecule has 0 saturated heterocycles. The average Bonchev–Trinajstić information content (AvgIpc) is 2.79. The SMILES string of the molecule is COc1cc2ncn(CCCC(=O)NC(C)c3cccc(OC(F)F)c3)c(=O)c2cc1OC. The summed E-state index contributed by atoms with van der Waals surface area (Å²) in [5.41, 5.74) is 0.880. The Morgan fingerprint density at radius 1 is 1.15 bits per heavy atom. The number of halogens is 2. The Morgan fingerprint density at radius 2 is 1.88 bits per heavy atom. The third kappa shape index (κ3) is 5.97. The van der Waals surface area contributed by atoms with Crippen molar-refractivity contribution in [3.8, 4) is 17.2 Å². The second kappa shape index (κ2) is 10.8. The minimum Gasteiger partial charge on any atom is -0.493 e. The zero-order chi connectivity index (χ0) is 24.0. The fourth-order valence-corrected chi connectivity index (χ4v) is 3.41. The van der Waals surface area contributed by atoms with Crippen LogP contribution >= 0.6 is 0 Å². The molecule has 3 aromatic rings. The summed E-state index contributed by atoms with van der Waals surface area (Å²) in [6, 6.07) is 9.00. The van der Waals surface area contributed by atoms with E-state index in [9.17, 15) is 18.4 Å². The molecule has 0 aliphatic heterocycles. The molecule has 3 rings (SSSR count). The predicted molar refractivity (Wildman–Crippen MR) is 118 cm³/mol. The summed E-state index contributed by atoms with van der Waals surface area (Å²) < 4.78 is 41.1. The van der Waals surface area contributed by atoms with E-state index in [0.717, 1.165) is 0 Å². The Labute approximate surface area is 189 Å². The minimum atomic E-state index is -2.92. The lowest BCUT2D eigenvalue weighted by Crippen LogP contribution is -2.27. The summed E-state index contributed by atoms with van der Waals surface area (Å²) in [6.07, 6.45) is 2.02. The lowest BCUT2D eigenvalue weighted by molar-refractivity contribution is -0.121. The van der Waals surface area contributed by atoms with Crippen molar-refractivity contribution in [2.45, 2.75) is 39.0 Å². The number of alkyl halides is 2. The third-order valence-corrected chi connectivity index (χ3v) is 5.09. The van der Waals surface area contributed by atoms with E-state index in [4.69, 9.17) is 9.47 Å². The Balaban J connectivity index is 1.60. The summed E-state index contributed by atoms with van der Waals surface area (Å²) in [4.78, 5) is 29.4. The Hall–Kier alpha value is -3.69. The van der Waals surface area contributed by atoms with E-state index < -0.39 is 12.7 Å². The van der Waals surface area contributed by atoms with Gasteiger partial charge in [0.05, 0.1) is 37.5 Å². The molecule has 1 unspecified atom stereocenters. The van der Waals surface area contributed by atoms with E-state index in [-0.39, 0.29) is 23.6 Å². The number of hydrogen-bond acceptors (Lipinski definition) is 6. The van der Waals surface area contributed by atoms with Gasteiger partial charge in [-0.05, 0) is 37.1 Å². The largest absolute Gasteiger partial charge is 0.493 e. The average molecular weight is 461 g/mol. The van der Waals surface area contributed by atoms with Gasteiger partial charge in [-0.2, -0.15) is 8.78 Å². The molecule has 0 aliphatic carbocycles. The number of fused-ring (bicyclic) bond motifs is 1. The van der Waals surface area contributed by atoms with Crippen LogP contribution in [0.4, 0.5) is 8.78 Å². The zero-order valence-corrected chi connectivity index (χ0v) is 18.5. The fraction of sp³-hybridized carbons (Fsp3) is 0.348. The van der Waals surface area contributed by atoms with Gasteiger partial charge in [0.2, 0.25) is 5.91 Å². The van der Waals surface area contributed by atoms with Gasteiger partial charge in [0.1, 0.15) is 5.75 Å². The highest BCUT2D eigenvalue weighted by molar-refractivity contribution is 5.81. The van der Waals surface area contributed by atoms with Gasteiger partial charge in [-0.1, -0.05) is 12.1 Å². The van der Waals surface area contributed by atoms with Crippen LogP contribution < -0.4 is 25.1 Å². The van der Waals surface area contributed by atoms with Crippen LogP contribution in [0.3, 0.4) is 0 Å². The number of carbonyl (C=O) groups excluding carboxylic acids is 1. The van der Waals surface area contributed by atoms with Crippen LogP contribution in [0.15, 0.2) is 47.5 Å². The Morgan fingerprint density at radius 3 is 2.58 bits per heavy atom. The third-order valence-electron chi connectivity index (χ3n) is 5.09. The smallest absolute Gasteiger partial charge is 0.387 e. The van der Waals surface area contributed by atoms with Crippen LogP contribution in [0.5, 0.6) is 17.2 Å². The van der Waals surface area contributed by atoms with Crippen LogP contribution in [0.25, 0.3) is 10.9 Å². The van der Waals surface area contributed by atoms with E-state index in [2.05, 4.69) is 15.0 Å². The van der Waals surface area contributed by atoms with Crippen molar-refractivity contribution in [1.29, 1.82) is 0 Å². The quantitative estimate of drug-likeness (QED) is 0.495. The van der Waals surface area contributed by atoms with Crippen molar-refractivity contribution in [3.05, 3.63) is 58.6 Å². The number of aromatic nitrogens is 2. The van der Waals surface area contributed by atoms with Crippen molar-refractivity contribution in [1.82, 2.24) is 14.9 Å². The highest BCUT2D eigenvalue weighted by Crippen LogP contribution is 2.29. The van der Waals surface area contributed by atoms with E-state index in [1.807, 2.05) is 0 Å². The normalized spacial score (nSPS) is 11.9. The molecule has 1 atom stereocenters. The van der Waals surface area contributed by atoms with Crippen LogP contribution in [-0.4, -0.2) is 36.3 Å². The second-order valence-electron chi connectivity index (χ2n) is 7.31. The molecule has 0 spiro atoms. The molecular weight excluding hydrogens is 436 g/mol. The standard InChI is InChI=1S/C23H25F2N3O5/c1-14(15-6-4-7-16(10-15)33-23(24)25)27-21(29)8-5-9-28-13-26-18-12-20(32-3)19(31-2)11-17(18)22(28)30/h4,6-7,10-14,23H,5,8-9H2,1-3H3,(H,27,29). The van der Waals surface area contributed by atoms with Gasteiger partial charge in [-0.15, -0.1) is 0 Å². The van der Waals surface area contributed by atoms with Gasteiger partial charge in [-0.3, -0.25) is 14.2 Å². The first kappa shape index (κ1) is 24.0. The van der Waals surface area contributed by atoms with Gasteiger partial charge in [-0.25, -0.2) is 4.98 Å². The van der Waals surface area contributed by atoms with Crippen molar-refractivity contribution >= 4 is 16.8 Å². The number of aryl methyl sites for hydroxylation is 1. The van der Waals surface area contributed by atoms with Crippen LogP contribution in [0.2, 0.25) is 0 Å². The van der Waals surface area contributed by atoms with Gasteiger partial charge in [0.15, 0.2) is 11.5 Å². The molecule has 1 amide bonds. The second-order valence-corrected chi connectivity index (χ2v) is 7.31. The zero-order valence-electron chi connectivity index (χ0n) is 18.5. The first-order valence-corrected chi connectivity index (χ1v) is 10.3. The molecule has 0 saturated carbocycles. The molecule has 176 valence electrons. The Bertz CT molecular complexity index is 1180. The number of carbonyl (C=O) groups is 1. The molecule has 1 N–H and O–H groups in total. The molecule has 0 bridgehead atoms. The first-order valence-electron chi connectivity index (χ1n) is 10.3. The monoisotopic (exact) mass is 461 g/mol. The van der Waals surface area contributed by atoms with Gasteiger partial charge in [0.25, 0.3) is 5.56 Å². The summed E-state index contributed by atoms with van der Waals surface area (Å²) in [6.45, 7) is -0.865. The molecule has 2 aromatic carbocycles. The van der Waals surface area contributed by atoms with Crippen LogP contribution in [0, 0.1) is 0 Å². The Kier molecular flexibility index (Phi) is 7.81. The number of nitrogens with one attached hydrogen (secondary N) is 1. The van der Waals surface area contributed by atoms with Gasteiger partial charge >= 0.3 is 6.61 Å². The number of amides is 1. The van der Waals surface area contributed by atoms with Crippen molar-refractivity contribution < 1.29 is 27.8 Å². The van der Waals surface area contributed by atoms with E-state index >= 15 is 0 Å². The van der Waals surface area contributed by atoms with E-state index in [1.54, 1.807) is 31.2 Å². The maximum absolute atomic E-state index is 12.8. The van der Waals surface area contributed by atoms with E-state index in [0.29, 0.717) is 40.9 Å². The summed E-state index contributed by atoms with van der Waals surface area (Å²) in [5, 5.41) is 3.21. The molecule has 0 aliphatic rings. The number of nitrogens with zero attached hydrogens (tertiary/aromatic N) is 2. The number of ether oxygens (including phenoxy) is 3. The van der Waals surface area contributed by atoms with Gasteiger partial charge < -0.3 is 19.5 Å². The maximum atomic E-state index is 12.8. The summed E-state index contributed by atoms with van der Waals surface area (Å²) in [5.74, 6) is 0.710. The summed E-state index contributed by atoms with van der Waals surface area (Å²) >= 11 is 0. The highest BCUT2D eigenvalue weighted by Gasteiger charge is 2.13. The molecule has 1 aromatic heterocycles. The minimum absolute atomic E-state index is 0.0287. The lowest BCUT2D eigenvalue weighted by atomic mass is 10.1.